The molecule has 1 aliphatic rings. The van der Waals surface area contributed by atoms with Crippen molar-refractivity contribution in [1.82, 2.24) is 0 Å². The zero-order valence-corrected chi connectivity index (χ0v) is 7.67. The molecule has 70 valence electrons. The maximum Gasteiger partial charge on any atom is 0.0590 e. The maximum atomic E-state index is 5.86. The predicted octanol–water partition coefficient (Wildman–Crippen LogP) is 1.85. The normalized spacial score (nSPS) is 26.6. The quantitative estimate of drug-likeness (QED) is 0.652. The summed E-state index contributed by atoms with van der Waals surface area (Å²) in [6.07, 6.45) is 7.89. The third-order valence-electron chi connectivity index (χ3n) is 2.31. The summed E-state index contributed by atoms with van der Waals surface area (Å²) >= 11 is 0. The molecule has 0 aliphatic carbocycles. The molecular weight excluding hydrogens is 150 g/mol. The minimum absolute atomic E-state index is 0.241. The average Bonchev–Trinajstić information content (AvgIpc) is 2.06. The third-order valence-corrected chi connectivity index (χ3v) is 2.31. The van der Waals surface area contributed by atoms with E-state index in [9.17, 15) is 0 Å². The van der Waals surface area contributed by atoms with Crippen molar-refractivity contribution in [1.29, 1.82) is 0 Å². The molecule has 1 heterocycles. The molecule has 0 aromatic rings. The van der Waals surface area contributed by atoms with Gasteiger partial charge in [-0.2, -0.15) is 0 Å². The summed E-state index contributed by atoms with van der Waals surface area (Å²) in [6, 6.07) is 0.241. The molecule has 1 fully saturated rings. The van der Waals surface area contributed by atoms with Gasteiger partial charge in [0.2, 0.25) is 0 Å². The first-order chi connectivity index (χ1) is 5.83. The van der Waals surface area contributed by atoms with Crippen molar-refractivity contribution in [3.05, 3.63) is 12.7 Å². The van der Waals surface area contributed by atoms with Gasteiger partial charge in [-0.3, -0.25) is 0 Å². The summed E-state index contributed by atoms with van der Waals surface area (Å²) in [6.45, 7) is 4.60. The highest BCUT2D eigenvalue weighted by Gasteiger charge is 2.16. The predicted molar refractivity (Wildman–Crippen MR) is 51.0 cm³/mol. The molecular formula is C10H19NO. The number of hydrogen-bond donors (Lipinski definition) is 1. The van der Waals surface area contributed by atoms with Gasteiger partial charge in [0, 0.05) is 12.6 Å². The molecule has 2 atom stereocenters. The van der Waals surface area contributed by atoms with Crippen LogP contribution in [-0.4, -0.2) is 18.8 Å². The highest BCUT2D eigenvalue weighted by molar-refractivity contribution is 4.78. The summed E-state index contributed by atoms with van der Waals surface area (Å²) in [5.41, 5.74) is 5.86. The van der Waals surface area contributed by atoms with Crippen LogP contribution in [0.5, 0.6) is 0 Å². The van der Waals surface area contributed by atoms with Gasteiger partial charge in [0.1, 0.15) is 0 Å². The monoisotopic (exact) mass is 169 g/mol. The van der Waals surface area contributed by atoms with Crippen molar-refractivity contribution in [2.45, 2.75) is 44.2 Å². The molecule has 1 rings (SSSR count). The Morgan fingerprint density at radius 3 is 3.00 bits per heavy atom. The first kappa shape index (κ1) is 9.75. The van der Waals surface area contributed by atoms with E-state index in [-0.39, 0.29) is 6.04 Å². The highest BCUT2D eigenvalue weighted by atomic mass is 16.5. The largest absolute Gasteiger partial charge is 0.378 e. The van der Waals surface area contributed by atoms with Gasteiger partial charge < -0.3 is 10.5 Å². The van der Waals surface area contributed by atoms with Crippen LogP contribution in [0.1, 0.15) is 32.1 Å². The van der Waals surface area contributed by atoms with E-state index in [4.69, 9.17) is 10.5 Å². The second-order valence-corrected chi connectivity index (χ2v) is 3.51. The molecule has 0 bridgehead atoms. The third kappa shape index (κ3) is 3.37. The minimum atomic E-state index is 0.241. The fraction of sp³-hybridized carbons (Fsp3) is 0.800. The zero-order valence-electron chi connectivity index (χ0n) is 7.67. The molecule has 0 aromatic carbocycles. The topological polar surface area (TPSA) is 35.2 Å². The Labute approximate surface area is 74.8 Å². The van der Waals surface area contributed by atoms with E-state index in [1.54, 1.807) is 0 Å². The van der Waals surface area contributed by atoms with Crippen LogP contribution in [0.25, 0.3) is 0 Å². The van der Waals surface area contributed by atoms with E-state index in [0.717, 1.165) is 19.4 Å². The van der Waals surface area contributed by atoms with Gasteiger partial charge in [0.25, 0.3) is 0 Å². The number of ether oxygens (including phenoxy) is 1. The molecule has 2 nitrogen and oxygen atoms in total. The standard InChI is InChI=1S/C10H19NO/c1-2-5-9(11)8-10-6-3-4-7-12-10/h2,9-10H,1,3-8,11H2. The lowest BCUT2D eigenvalue weighted by atomic mass is 10.0. The van der Waals surface area contributed by atoms with E-state index >= 15 is 0 Å². The molecule has 1 saturated heterocycles. The zero-order chi connectivity index (χ0) is 8.81. The summed E-state index contributed by atoms with van der Waals surface area (Å²) in [5.74, 6) is 0. The second-order valence-electron chi connectivity index (χ2n) is 3.51. The van der Waals surface area contributed by atoms with Crippen molar-refractivity contribution in [2.75, 3.05) is 6.61 Å². The lowest BCUT2D eigenvalue weighted by Crippen LogP contribution is -2.29. The first-order valence-electron chi connectivity index (χ1n) is 4.81. The van der Waals surface area contributed by atoms with Crippen LogP contribution in [0.2, 0.25) is 0 Å². The molecule has 2 heteroatoms. The van der Waals surface area contributed by atoms with Gasteiger partial charge in [0.05, 0.1) is 6.10 Å². The second kappa shape index (κ2) is 5.33. The van der Waals surface area contributed by atoms with Gasteiger partial charge in [-0.1, -0.05) is 6.08 Å². The van der Waals surface area contributed by atoms with Crippen molar-refractivity contribution in [2.24, 2.45) is 5.73 Å². The van der Waals surface area contributed by atoms with E-state index in [1.165, 1.54) is 19.3 Å². The van der Waals surface area contributed by atoms with Crippen LogP contribution in [-0.2, 0) is 4.74 Å². The SMILES string of the molecule is C=CCC(N)CC1CCCCO1. The first-order valence-corrected chi connectivity index (χ1v) is 4.81. The van der Waals surface area contributed by atoms with E-state index < -0.39 is 0 Å². The molecule has 0 radical (unpaired) electrons. The minimum Gasteiger partial charge on any atom is -0.378 e. The van der Waals surface area contributed by atoms with Crippen molar-refractivity contribution in [3.8, 4) is 0 Å². The fourth-order valence-electron chi connectivity index (χ4n) is 1.64. The van der Waals surface area contributed by atoms with Crippen molar-refractivity contribution < 1.29 is 4.74 Å². The molecule has 0 spiro atoms. The van der Waals surface area contributed by atoms with Crippen LogP contribution in [0, 0.1) is 0 Å². The average molecular weight is 169 g/mol. The molecule has 1 aliphatic heterocycles. The summed E-state index contributed by atoms with van der Waals surface area (Å²) in [7, 11) is 0. The van der Waals surface area contributed by atoms with Crippen LogP contribution in [0.4, 0.5) is 0 Å². The van der Waals surface area contributed by atoms with Crippen molar-refractivity contribution >= 4 is 0 Å². The smallest absolute Gasteiger partial charge is 0.0590 e. The van der Waals surface area contributed by atoms with Gasteiger partial charge in [-0.25, -0.2) is 0 Å². The molecule has 0 saturated carbocycles. The summed E-state index contributed by atoms with van der Waals surface area (Å²) < 4.78 is 5.58. The number of rotatable bonds is 4. The van der Waals surface area contributed by atoms with E-state index in [0.29, 0.717) is 6.10 Å². The fourth-order valence-corrected chi connectivity index (χ4v) is 1.64. The molecule has 2 unspecified atom stereocenters. The van der Waals surface area contributed by atoms with E-state index in [1.807, 2.05) is 6.08 Å². The molecule has 0 aromatic heterocycles. The van der Waals surface area contributed by atoms with Gasteiger partial charge >= 0.3 is 0 Å². The van der Waals surface area contributed by atoms with Gasteiger partial charge in [-0.15, -0.1) is 6.58 Å². The Morgan fingerprint density at radius 2 is 2.42 bits per heavy atom. The Bertz CT molecular complexity index is 130. The lowest BCUT2D eigenvalue weighted by molar-refractivity contribution is 0.00760. The number of hydrogen-bond acceptors (Lipinski definition) is 2. The van der Waals surface area contributed by atoms with Crippen LogP contribution >= 0.6 is 0 Å². The Balaban J connectivity index is 2.15. The Hall–Kier alpha value is -0.340. The summed E-state index contributed by atoms with van der Waals surface area (Å²) in [4.78, 5) is 0. The molecule has 12 heavy (non-hydrogen) atoms. The molecule has 2 N–H and O–H groups in total. The lowest BCUT2D eigenvalue weighted by Gasteiger charge is -2.24. The van der Waals surface area contributed by atoms with Crippen molar-refractivity contribution in [3.63, 3.8) is 0 Å². The summed E-state index contributed by atoms with van der Waals surface area (Å²) in [5, 5.41) is 0. The van der Waals surface area contributed by atoms with Crippen LogP contribution in [0.3, 0.4) is 0 Å². The van der Waals surface area contributed by atoms with Crippen LogP contribution < -0.4 is 5.73 Å². The van der Waals surface area contributed by atoms with E-state index in [2.05, 4.69) is 6.58 Å². The van der Waals surface area contributed by atoms with Gasteiger partial charge in [-0.05, 0) is 32.1 Å². The highest BCUT2D eigenvalue weighted by Crippen LogP contribution is 2.17. The van der Waals surface area contributed by atoms with Gasteiger partial charge in [0.15, 0.2) is 0 Å². The molecule has 0 amide bonds. The Morgan fingerprint density at radius 1 is 1.58 bits per heavy atom. The Kier molecular flexibility index (Phi) is 4.33. The maximum absolute atomic E-state index is 5.86. The number of nitrogens with two attached hydrogens (primary N) is 1. The van der Waals surface area contributed by atoms with Crippen LogP contribution in [0.15, 0.2) is 12.7 Å².